The summed E-state index contributed by atoms with van der Waals surface area (Å²) in [5, 5.41) is 10.2. The first-order valence-corrected chi connectivity index (χ1v) is 18.3. The fourth-order valence-electron chi connectivity index (χ4n) is 7.98. The van der Waals surface area contributed by atoms with E-state index in [1.165, 1.54) is 76.5 Å². The van der Waals surface area contributed by atoms with Crippen LogP contribution in [0.1, 0.15) is 0 Å². The van der Waals surface area contributed by atoms with E-state index in [1.807, 2.05) is 0 Å². The number of benzene rings is 10. The van der Waals surface area contributed by atoms with Gasteiger partial charge in [0.15, 0.2) is 0 Å². The first-order valence-electron chi connectivity index (χ1n) is 18.3. The topological polar surface area (TPSA) is 3.24 Å². The van der Waals surface area contributed by atoms with Crippen LogP contribution >= 0.6 is 0 Å². The first-order chi connectivity index (χ1) is 26.3. The van der Waals surface area contributed by atoms with Crippen LogP contribution in [0.15, 0.2) is 212 Å². The van der Waals surface area contributed by atoms with Gasteiger partial charge in [-0.3, -0.25) is 0 Å². The number of rotatable bonds is 6. The third-order valence-electron chi connectivity index (χ3n) is 10.6. The SMILES string of the molecule is c1ccc(-c2cccc(N(c3ccc(-c4ccc5c(ccc6c7ccccc7ccc56)c4)cc3)c3ccc(-c4cccc5ccccc45)cc3)c2)cc1. The molecule has 0 spiro atoms. The Labute approximate surface area is 309 Å². The minimum atomic E-state index is 1.11. The molecule has 0 saturated heterocycles. The minimum Gasteiger partial charge on any atom is -0.310 e. The zero-order valence-corrected chi connectivity index (χ0v) is 29.2. The summed E-state index contributed by atoms with van der Waals surface area (Å²) in [6.07, 6.45) is 0. The van der Waals surface area contributed by atoms with Gasteiger partial charge in [0.25, 0.3) is 0 Å². The van der Waals surface area contributed by atoms with E-state index in [4.69, 9.17) is 0 Å². The van der Waals surface area contributed by atoms with Crippen molar-refractivity contribution in [3.63, 3.8) is 0 Å². The molecule has 0 radical (unpaired) electrons. The Morgan fingerprint density at radius 1 is 0.226 bits per heavy atom. The quantitative estimate of drug-likeness (QED) is 0.159. The van der Waals surface area contributed by atoms with Crippen LogP contribution in [0.4, 0.5) is 17.1 Å². The lowest BCUT2D eigenvalue weighted by Gasteiger charge is -2.26. The van der Waals surface area contributed by atoms with Gasteiger partial charge in [0, 0.05) is 17.1 Å². The molecule has 248 valence electrons. The number of fused-ring (bicyclic) bond motifs is 6. The molecule has 10 aromatic carbocycles. The highest BCUT2D eigenvalue weighted by atomic mass is 15.1. The minimum absolute atomic E-state index is 1.11. The second-order valence-electron chi connectivity index (χ2n) is 13.8. The molecule has 0 aromatic heterocycles. The molecule has 10 aromatic rings. The van der Waals surface area contributed by atoms with Crippen molar-refractivity contribution in [1.82, 2.24) is 0 Å². The molecular weight excluding hydrogens is 639 g/mol. The van der Waals surface area contributed by atoms with Crippen LogP contribution in [-0.2, 0) is 0 Å². The molecule has 0 unspecified atom stereocenters. The largest absolute Gasteiger partial charge is 0.310 e. The normalized spacial score (nSPS) is 11.4. The molecule has 0 aliphatic carbocycles. The maximum atomic E-state index is 2.36. The molecule has 10 rings (SSSR count). The van der Waals surface area contributed by atoms with E-state index in [9.17, 15) is 0 Å². The van der Waals surface area contributed by atoms with Crippen molar-refractivity contribution in [1.29, 1.82) is 0 Å². The average molecular weight is 674 g/mol. The molecule has 0 fully saturated rings. The molecule has 53 heavy (non-hydrogen) atoms. The molecule has 0 N–H and O–H groups in total. The second kappa shape index (κ2) is 13.0. The van der Waals surface area contributed by atoms with Gasteiger partial charge in [-0.15, -0.1) is 0 Å². The van der Waals surface area contributed by atoms with E-state index in [0.29, 0.717) is 0 Å². The van der Waals surface area contributed by atoms with Gasteiger partial charge in [-0.25, -0.2) is 0 Å². The van der Waals surface area contributed by atoms with Crippen molar-refractivity contribution in [3.8, 4) is 33.4 Å². The van der Waals surface area contributed by atoms with Crippen molar-refractivity contribution in [3.05, 3.63) is 212 Å². The lowest BCUT2D eigenvalue weighted by atomic mass is 9.95. The predicted molar refractivity (Wildman–Crippen MR) is 227 cm³/mol. The van der Waals surface area contributed by atoms with E-state index < -0.39 is 0 Å². The van der Waals surface area contributed by atoms with Crippen molar-refractivity contribution in [2.24, 2.45) is 0 Å². The smallest absolute Gasteiger partial charge is 0.0467 e. The third kappa shape index (κ3) is 5.60. The molecular formula is C52H35N. The van der Waals surface area contributed by atoms with Crippen LogP contribution < -0.4 is 4.90 Å². The highest BCUT2D eigenvalue weighted by molar-refractivity contribution is 6.17. The van der Waals surface area contributed by atoms with Crippen LogP contribution in [0.3, 0.4) is 0 Å². The highest BCUT2D eigenvalue weighted by Crippen LogP contribution is 2.40. The van der Waals surface area contributed by atoms with Gasteiger partial charge in [-0.1, -0.05) is 170 Å². The summed E-state index contributed by atoms with van der Waals surface area (Å²) in [6, 6.07) is 77.2. The maximum Gasteiger partial charge on any atom is 0.0467 e. The lowest BCUT2D eigenvalue weighted by Crippen LogP contribution is -2.10. The average Bonchev–Trinajstić information content (AvgIpc) is 3.24. The molecule has 0 aliphatic rings. The number of anilines is 3. The Kier molecular flexibility index (Phi) is 7.55. The standard InChI is InChI=1S/C52H35N/c1-2-10-36(11-3-1)41-15-8-16-46(35-41)53(45-29-22-40(23-30-45)48-19-9-14-38-12-4-6-17-47(38)48)44-27-20-37(21-28-44)42-25-31-50-43(34-42)26-33-51-49-18-7-5-13-39(49)24-32-52(50)51/h1-35H. The Bertz CT molecular complexity index is 2920. The molecule has 0 amide bonds. The number of hydrogen-bond donors (Lipinski definition) is 0. The molecule has 1 heteroatoms. The zero-order valence-electron chi connectivity index (χ0n) is 29.2. The van der Waals surface area contributed by atoms with Crippen LogP contribution in [0, 0.1) is 0 Å². The van der Waals surface area contributed by atoms with Crippen LogP contribution in [0.5, 0.6) is 0 Å². The highest BCUT2D eigenvalue weighted by Gasteiger charge is 2.15. The molecule has 0 bridgehead atoms. The lowest BCUT2D eigenvalue weighted by molar-refractivity contribution is 1.28. The maximum absolute atomic E-state index is 2.36. The van der Waals surface area contributed by atoms with Crippen LogP contribution in [0.25, 0.3) is 76.5 Å². The Balaban J connectivity index is 1.04. The van der Waals surface area contributed by atoms with Crippen molar-refractivity contribution in [2.45, 2.75) is 0 Å². The van der Waals surface area contributed by atoms with E-state index in [-0.39, 0.29) is 0 Å². The second-order valence-corrected chi connectivity index (χ2v) is 13.8. The van der Waals surface area contributed by atoms with E-state index in [0.717, 1.165) is 17.1 Å². The Hall–Kier alpha value is -6.96. The van der Waals surface area contributed by atoms with Gasteiger partial charge in [0.1, 0.15) is 0 Å². The molecule has 0 saturated carbocycles. The van der Waals surface area contributed by atoms with Gasteiger partial charge in [-0.05, 0) is 119 Å². The van der Waals surface area contributed by atoms with Crippen molar-refractivity contribution < 1.29 is 0 Å². The third-order valence-corrected chi connectivity index (χ3v) is 10.6. The summed E-state index contributed by atoms with van der Waals surface area (Å²) in [5.41, 5.74) is 10.6. The predicted octanol–water partition coefficient (Wildman–Crippen LogP) is 14.8. The van der Waals surface area contributed by atoms with Gasteiger partial charge in [0.05, 0.1) is 0 Å². The summed E-state index contributed by atoms with van der Waals surface area (Å²) >= 11 is 0. The summed E-state index contributed by atoms with van der Waals surface area (Å²) < 4.78 is 0. The molecule has 0 atom stereocenters. The molecule has 0 heterocycles. The zero-order chi connectivity index (χ0) is 35.1. The summed E-state index contributed by atoms with van der Waals surface area (Å²) in [4.78, 5) is 2.36. The van der Waals surface area contributed by atoms with Gasteiger partial charge >= 0.3 is 0 Å². The van der Waals surface area contributed by atoms with Crippen molar-refractivity contribution in [2.75, 3.05) is 4.90 Å². The summed E-state index contributed by atoms with van der Waals surface area (Å²) in [7, 11) is 0. The van der Waals surface area contributed by atoms with Gasteiger partial charge < -0.3 is 4.90 Å². The Morgan fingerprint density at radius 2 is 0.717 bits per heavy atom. The summed E-state index contributed by atoms with van der Waals surface area (Å²) in [5.74, 6) is 0. The van der Waals surface area contributed by atoms with Gasteiger partial charge in [0.2, 0.25) is 0 Å². The fourth-order valence-corrected chi connectivity index (χ4v) is 7.98. The Morgan fingerprint density at radius 3 is 1.47 bits per heavy atom. The van der Waals surface area contributed by atoms with E-state index in [2.05, 4.69) is 217 Å². The van der Waals surface area contributed by atoms with E-state index >= 15 is 0 Å². The fraction of sp³-hybridized carbons (Fsp3) is 0. The van der Waals surface area contributed by atoms with Crippen molar-refractivity contribution >= 4 is 60.2 Å². The first kappa shape index (κ1) is 30.8. The monoisotopic (exact) mass is 673 g/mol. The summed E-state index contributed by atoms with van der Waals surface area (Å²) in [6.45, 7) is 0. The van der Waals surface area contributed by atoms with Gasteiger partial charge in [-0.2, -0.15) is 0 Å². The van der Waals surface area contributed by atoms with E-state index in [1.54, 1.807) is 0 Å². The number of hydrogen-bond acceptors (Lipinski definition) is 1. The molecule has 0 aliphatic heterocycles. The van der Waals surface area contributed by atoms with Crippen LogP contribution in [0.2, 0.25) is 0 Å². The van der Waals surface area contributed by atoms with Crippen LogP contribution in [-0.4, -0.2) is 0 Å². The number of nitrogens with zero attached hydrogens (tertiary/aromatic N) is 1. The molecule has 1 nitrogen and oxygen atoms in total.